The van der Waals surface area contributed by atoms with Crippen molar-refractivity contribution in [1.29, 1.82) is 0 Å². The van der Waals surface area contributed by atoms with Gasteiger partial charge in [-0.3, -0.25) is 14.5 Å². The van der Waals surface area contributed by atoms with Gasteiger partial charge < -0.3 is 14.2 Å². The molecular formula is C28H30ClF3N6O2Si. The summed E-state index contributed by atoms with van der Waals surface area (Å²) in [5.41, 5.74) is 1.27. The highest BCUT2D eigenvalue weighted by Gasteiger charge is 2.37. The summed E-state index contributed by atoms with van der Waals surface area (Å²) < 4.78 is 49.3. The molecule has 1 aliphatic heterocycles. The van der Waals surface area contributed by atoms with Crippen molar-refractivity contribution in [2.24, 2.45) is 0 Å². The first-order chi connectivity index (χ1) is 19.3. The van der Waals surface area contributed by atoms with Gasteiger partial charge in [-0.25, -0.2) is 4.98 Å². The van der Waals surface area contributed by atoms with Gasteiger partial charge in [-0.05, 0) is 43.3 Å². The Morgan fingerprint density at radius 3 is 2.59 bits per heavy atom. The number of carbonyl (C=O) groups is 1. The second-order valence-corrected chi connectivity index (χ2v) is 17.3. The Morgan fingerprint density at radius 1 is 1.15 bits per heavy atom. The van der Waals surface area contributed by atoms with Crippen LogP contribution in [0.15, 0.2) is 55.0 Å². The average Bonchev–Trinajstić information content (AvgIpc) is 3.53. The molecule has 41 heavy (non-hydrogen) atoms. The van der Waals surface area contributed by atoms with Gasteiger partial charge in [0.25, 0.3) is 5.91 Å². The summed E-state index contributed by atoms with van der Waals surface area (Å²) in [6, 6.07) is 9.63. The van der Waals surface area contributed by atoms with E-state index in [9.17, 15) is 18.0 Å². The Kier molecular flexibility index (Phi) is 7.83. The Balaban J connectivity index is 1.50. The molecule has 0 saturated heterocycles. The number of fused-ring (bicyclic) bond motifs is 1. The van der Waals surface area contributed by atoms with E-state index in [4.69, 9.17) is 21.3 Å². The molecule has 0 N–H and O–H groups in total. The molecule has 0 saturated carbocycles. The Labute approximate surface area is 241 Å². The van der Waals surface area contributed by atoms with Crippen LogP contribution < -0.4 is 4.90 Å². The van der Waals surface area contributed by atoms with Crippen molar-refractivity contribution in [1.82, 2.24) is 24.3 Å². The summed E-state index contributed by atoms with van der Waals surface area (Å²) in [5.74, 6) is 0.169. The standard InChI is InChI=1S/C28H30ClF3N6O2Si/c1-18-15-37(19-8-9-21(22(29)13-19)28(30,31)32)27(39)25-20(14-34-38(18)25)24-16-36(17-40-11-12-41(2,3)4)26(35-24)23-7-5-6-10-33-23/h5-10,13-14,16,18H,11-12,15,17H2,1-4H3/t18-/m0/s1. The zero-order valence-electron chi connectivity index (χ0n) is 23.1. The molecule has 0 spiro atoms. The van der Waals surface area contributed by atoms with Crippen LogP contribution in [0.3, 0.4) is 0 Å². The van der Waals surface area contributed by atoms with Gasteiger partial charge in [0.15, 0.2) is 5.82 Å². The van der Waals surface area contributed by atoms with Crippen LogP contribution in [-0.2, 0) is 17.6 Å². The number of anilines is 1. The lowest BCUT2D eigenvalue weighted by Crippen LogP contribution is -2.42. The van der Waals surface area contributed by atoms with Crippen molar-refractivity contribution in [3.05, 3.63) is 71.3 Å². The molecule has 1 aliphatic rings. The topological polar surface area (TPSA) is 78.1 Å². The summed E-state index contributed by atoms with van der Waals surface area (Å²) in [6.45, 7) is 9.83. The second kappa shape index (κ2) is 11.1. The van der Waals surface area contributed by atoms with E-state index in [2.05, 4.69) is 29.7 Å². The predicted molar refractivity (Wildman–Crippen MR) is 154 cm³/mol. The zero-order valence-corrected chi connectivity index (χ0v) is 24.9. The highest BCUT2D eigenvalue weighted by atomic mass is 35.5. The fourth-order valence-electron chi connectivity index (χ4n) is 4.66. The average molecular weight is 603 g/mol. The lowest BCUT2D eigenvalue weighted by molar-refractivity contribution is -0.137. The molecule has 0 bridgehead atoms. The minimum absolute atomic E-state index is 0.215. The number of benzene rings is 1. The van der Waals surface area contributed by atoms with Gasteiger partial charge in [0.1, 0.15) is 18.1 Å². The van der Waals surface area contributed by atoms with Crippen LogP contribution in [0.4, 0.5) is 18.9 Å². The fourth-order valence-corrected chi connectivity index (χ4v) is 5.70. The normalized spacial score (nSPS) is 15.9. The third kappa shape index (κ3) is 6.09. The summed E-state index contributed by atoms with van der Waals surface area (Å²) in [5, 5.41) is 4.00. The van der Waals surface area contributed by atoms with E-state index in [0.29, 0.717) is 29.4 Å². The summed E-state index contributed by atoms with van der Waals surface area (Å²) in [4.78, 5) is 24.5. The van der Waals surface area contributed by atoms with Gasteiger partial charge >= 0.3 is 6.18 Å². The van der Waals surface area contributed by atoms with Crippen LogP contribution in [0.25, 0.3) is 22.8 Å². The first kappa shape index (κ1) is 29.0. The fraction of sp³-hybridized carbons (Fsp3) is 0.357. The third-order valence-corrected chi connectivity index (χ3v) is 8.87. The largest absolute Gasteiger partial charge is 0.417 e. The number of hydrogen-bond acceptors (Lipinski definition) is 5. The van der Waals surface area contributed by atoms with E-state index in [1.165, 1.54) is 17.0 Å². The summed E-state index contributed by atoms with van der Waals surface area (Å²) in [6.07, 6.45) is 0.486. The number of carbonyl (C=O) groups excluding carboxylic acids is 1. The minimum atomic E-state index is -4.59. The van der Waals surface area contributed by atoms with Crippen LogP contribution in [0.1, 0.15) is 29.0 Å². The summed E-state index contributed by atoms with van der Waals surface area (Å²) in [7, 11) is -1.27. The van der Waals surface area contributed by atoms with Crippen molar-refractivity contribution < 1.29 is 22.7 Å². The van der Waals surface area contributed by atoms with Gasteiger partial charge in [0.2, 0.25) is 0 Å². The minimum Gasteiger partial charge on any atom is -0.361 e. The van der Waals surface area contributed by atoms with E-state index in [-0.39, 0.29) is 30.7 Å². The molecule has 13 heteroatoms. The van der Waals surface area contributed by atoms with Gasteiger partial charge in [-0.2, -0.15) is 18.3 Å². The number of hydrogen-bond donors (Lipinski definition) is 0. The Morgan fingerprint density at radius 2 is 1.93 bits per heavy atom. The second-order valence-electron chi connectivity index (χ2n) is 11.3. The number of aromatic nitrogens is 5. The smallest absolute Gasteiger partial charge is 0.361 e. The lowest BCUT2D eigenvalue weighted by atomic mass is 10.1. The Hall–Kier alpha value is -3.48. The van der Waals surface area contributed by atoms with Crippen molar-refractivity contribution >= 4 is 31.3 Å². The van der Waals surface area contributed by atoms with E-state index in [1.54, 1.807) is 17.1 Å². The molecule has 3 aromatic heterocycles. The molecule has 5 rings (SSSR count). The molecule has 4 heterocycles. The van der Waals surface area contributed by atoms with Crippen LogP contribution >= 0.6 is 11.6 Å². The number of nitrogens with zero attached hydrogens (tertiary/aromatic N) is 6. The van der Waals surface area contributed by atoms with Gasteiger partial charge in [0.05, 0.1) is 34.1 Å². The number of halogens is 4. The Bertz CT molecular complexity index is 1570. The highest BCUT2D eigenvalue weighted by molar-refractivity contribution is 6.76. The third-order valence-electron chi connectivity index (χ3n) is 6.85. The van der Waals surface area contributed by atoms with E-state index in [1.807, 2.05) is 35.9 Å². The molecule has 0 aliphatic carbocycles. The molecule has 0 unspecified atom stereocenters. The van der Waals surface area contributed by atoms with Crippen LogP contribution in [0.5, 0.6) is 0 Å². The quantitative estimate of drug-likeness (QED) is 0.160. The molecular weight excluding hydrogens is 573 g/mol. The lowest BCUT2D eigenvalue weighted by Gasteiger charge is -2.32. The van der Waals surface area contributed by atoms with E-state index in [0.717, 1.165) is 12.1 Å². The van der Waals surface area contributed by atoms with Crippen LogP contribution in [0, 0.1) is 0 Å². The van der Waals surface area contributed by atoms with E-state index < -0.39 is 30.7 Å². The SMILES string of the molecule is C[C@H]1CN(c2ccc(C(F)(F)F)c(Cl)c2)C(=O)c2c(-c3cn(COCC[Si](C)(C)C)c(-c4ccccn4)n3)cnn21. The maximum Gasteiger partial charge on any atom is 0.417 e. The van der Waals surface area contributed by atoms with Crippen molar-refractivity contribution in [2.45, 2.75) is 51.6 Å². The molecule has 1 amide bonds. The first-order valence-corrected chi connectivity index (χ1v) is 17.2. The first-order valence-electron chi connectivity index (χ1n) is 13.2. The van der Waals surface area contributed by atoms with Crippen molar-refractivity contribution in [2.75, 3.05) is 18.1 Å². The molecule has 0 fully saturated rings. The van der Waals surface area contributed by atoms with Gasteiger partial charge in [0, 0.05) is 39.3 Å². The molecule has 8 nitrogen and oxygen atoms in total. The van der Waals surface area contributed by atoms with Gasteiger partial charge in [-0.15, -0.1) is 0 Å². The predicted octanol–water partition coefficient (Wildman–Crippen LogP) is 7.01. The van der Waals surface area contributed by atoms with Crippen molar-refractivity contribution in [3.63, 3.8) is 0 Å². The number of amides is 1. The monoisotopic (exact) mass is 602 g/mol. The number of alkyl halides is 3. The molecule has 4 aromatic rings. The number of ether oxygens (including phenoxy) is 1. The van der Waals surface area contributed by atoms with Crippen molar-refractivity contribution in [3.8, 4) is 22.8 Å². The van der Waals surface area contributed by atoms with E-state index >= 15 is 0 Å². The number of imidazole rings is 1. The van der Waals surface area contributed by atoms with Gasteiger partial charge in [-0.1, -0.05) is 37.3 Å². The number of pyridine rings is 1. The maximum absolute atomic E-state index is 13.8. The zero-order chi connectivity index (χ0) is 29.5. The molecule has 216 valence electrons. The highest BCUT2D eigenvalue weighted by Crippen LogP contribution is 2.39. The molecule has 1 aromatic carbocycles. The summed E-state index contributed by atoms with van der Waals surface area (Å²) >= 11 is 5.98. The van der Waals surface area contributed by atoms with Crippen LogP contribution in [0.2, 0.25) is 30.7 Å². The van der Waals surface area contributed by atoms with Crippen LogP contribution in [-0.4, -0.2) is 51.4 Å². The maximum atomic E-state index is 13.8. The molecule has 0 radical (unpaired) electrons. The number of rotatable bonds is 8. The molecule has 1 atom stereocenters.